The van der Waals surface area contributed by atoms with E-state index in [4.69, 9.17) is 0 Å². The van der Waals surface area contributed by atoms with E-state index in [1.54, 1.807) is 0 Å². The molecule has 0 aliphatic carbocycles. The molecule has 0 fully saturated rings. The van der Waals surface area contributed by atoms with Gasteiger partial charge in [0.1, 0.15) is 0 Å². The van der Waals surface area contributed by atoms with Crippen molar-refractivity contribution in [1.82, 2.24) is 6.15 Å². The molecule has 0 aromatic rings. The van der Waals surface area contributed by atoms with Gasteiger partial charge in [-0.05, 0) is 0 Å². The Morgan fingerprint density at radius 2 is 1.00 bits per heavy atom. The average molecular weight is 290 g/mol. The molecule has 0 rings (SSSR count). The van der Waals surface area contributed by atoms with Crippen molar-refractivity contribution in [2.45, 2.75) is 0 Å². The second kappa shape index (κ2) is 21.1. The molecule has 0 aliphatic heterocycles. The van der Waals surface area contributed by atoms with Crippen LogP contribution in [-0.4, -0.2) is 59.1 Å². The fraction of sp³-hybridized carbons (Fsp3) is 0. The van der Waals surface area contributed by atoms with Gasteiger partial charge in [0.15, 0.2) is 0 Å². The van der Waals surface area contributed by atoms with Crippen LogP contribution in [0, 0.1) is 0 Å². The number of rotatable bonds is 0. The standard InChI is InChI=1S/Ge.H3N.Sb.Se/h;1H3;;. The van der Waals surface area contributed by atoms with Gasteiger partial charge in [0.25, 0.3) is 0 Å². The Morgan fingerprint density at radius 1 is 1.00 bits per heavy atom. The van der Waals surface area contributed by atoms with Crippen molar-refractivity contribution < 1.29 is 0 Å². The Balaban J connectivity index is 0. The first-order chi connectivity index (χ1) is 0. The van der Waals surface area contributed by atoms with Gasteiger partial charge in [-0.2, -0.15) is 0 Å². The Bertz CT molecular complexity index is 8.00. The molecule has 0 saturated carbocycles. The van der Waals surface area contributed by atoms with Crippen LogP contribution in [0.15, 0.2) is 0 Å². The summed E-state index contributed by atoms with van der Waals surface area (Å²) in [7, 11) is 0. The van der Waals surface area contributed by atoms with Crippen LogP contribution in [0.2, 0.25) is 0 Å². The van der Waals surface area contributed by atoms with Gasteiger partial charge in [0.05, 0.1) is 0 Å². The average Bonchev–Trinajstić information content (AvgIpc) is 0. The molecule has 0 aromatic heterocycles. The first kappa shape index (κ1) is 40.4. The molecule has 0 aliphatic rings. The van der Waals surface area contributed by atoms with E-state index in [2.05, 4.69) is 0 Å². The fourth-order valence-electron chi connectivity index (χ4n) is 0. The minimum absolute atomic E-state index is 0. The third-order valence-corrected chi connectivity index (χ3v) is 0. The molecule has 4 heteroatoms. The summed E-state index contributed by atoms with van der Waals surface area (Å²) >= 11 is 0. The maximum absolute atomic E-state index is 0. The van der Waals surface area contributed by atoms with Crippen LogP contribution in [0.3, 0.4) is 0 Å². The second-order valence-electron chi connectivity index (χ2n) is 0. The van der Waals surface area contributed by atoms with Crippen LogP contribution in [0.4, 0.5) is 0 Å². The Hall–Kier alpha value is 1.84. The van der Waals surface area contributed by atoms with Crippen LogP contribution in [0.5, 0.6) is 0 Å². The minimum Gasteiger partial charge on any atom is -0.344 e. The third-order valence-electron chi connectivity index (χ3n) is 0. The summed E-state index contributed by atoms with van der Waals surface area (Å²) in [5, 5.41) is 0. The van der Waals surface area contributed by atoms with Crippen LogP contribution in [-0.2, 0) is 0 Å². The predicted molar refractivity (Wildman–Crippen MR) is 22.3 cm³/mol. The summed E-state index contributed by atoms with van der Waals surface area (Å²) in [6.45, 7) is 0. The zero-order valence-electron chi connectivity index (χ0n) is 2.06. The number of hydrogen-bond donors (Lipinski definition) is 1. The van der Waals surface area contributed by atoms with E-state index < -0.39 is 0 Å². The van der Waals surface area contributed by atoms with Crippen LogP contribution >= 0.6 is 0 Å². The fourth-order valence-corrected chi connectivity index (χ4v) is 0. The van der Waals surface area contributed by atoms with Crippen molar-refractivity contribution in [2.24, 2.45) is 0 Å². The second-order valence-corrected chi connectivity index (χ2v) is 0. The van der Waals surface area contributed by atoms with Crippen molar-refractivity contribution in [3.63, 3.8) is 0 Å². The van der Waals surface area contributed by atoms with Crippen molar-refractivity contribution in [3.05, 3.63) is 0 Å². The minimum atomic E-state index is 0. The summed E-state index contributed by atoms with van der Waals surface area (Å²) in [5.74, 6) is 0. The van der Waals surface area contributed by atoms with Crippen molar-refractivity contribution in [1.29, 1.82) is 0 Å². The van der Waals surface area contributed by atoms with Gasteiger partial charge < -0.3 is 6.15 Å². The first-order valence-corrected chi connectivity index (χ1v) is 0. The van der Waals surface area contributed by atoms with E-state index in [0.717, 1.165) is 0 Å². The predicted octanol–water partition coefficient (Wildman–Crippen LogP) is -0.980. The molecule has 0 unspecified atom stereocenters. The molecule has 0 bridgehead atoms. The van der Waals surface area contributed by atoms with Crippen molar-refractivity contribution in [2.75, 3.05) is 0 Å². The van der Waals surface area contributed by atoms with Crippen LogP contribution in [0.25, 0.3) is 0 Å². The quantitative estimate of drug-likeness (QED) is 0.572. The van der Waals surface area contributed by atoms with Gasteiger partial charge >= 0.3 is 0 Å². The van der Waals surface area contributed by atoms with Gasteiger partial charge in [-0.3, -0.25) is 0 Å². The normalized spacial score (nSPS) is 0. The molecule has 0 amide bonds. The molecule has 0 spiro atoms. The number of hydrogen-bond acceptors (Lipinski definition) is 1. The van der Waals surface area contributed by atoms with Crippen LogP contribution in [0.1, 0.15) is 0 Å². The molecule has 0 aromatic carbocycles. The molecule has 9 radical (unpaired) electrons. The Kier molecular flexibility index (Phi) is 213. The van der Waals surface area contributed by atoms with E-state index in [1.807, 2.05) is 0 Å². The van der Waals surface area contributed by atoms with E-state index in [1.165, 1.54) is 0 Å². The zero-order chi connectivity index (χ0) is 0. The van der Waals surface area contributed by atoms with Crippen molar-refractivity contribution >= 4 is 59.1 Å². The molecule has 0 saturated heterocycles. The molecular formula is H3GeNSbSe. The molecule has 0 heterocycles. The summed E-state index contributed by atoms with van der Waals surface area (Å²) in [6.07, 6.45) is 0. The van der Waals surface area contributed by atoms with Gasteiger partial charge in [-0.1, -0.05) is 0 Å². The van der Waals surface area contributed by atoms with E-state index >= 15 is 0 Å². The third kappa shape index (κ3) is 9.15. The molecule has 23 valence electrons. The maximum Gasteiger partial charge on any atom is 0 e. The Morgan fingerprint density at radius 3 is 1.00 bits per heavy atom. The molecule has 0 atom stereocenters. The summed E-state index contributed by atoms with van der Waals surface area (Å²) in [6, 6.07) is 0. The summed E-state index contributed by atoms with van der Waals surface area (Å²) in [5.41, 5.74) is 0. The van der Waals surface area contributed by atoms with Gasteiger partial charge in [-0.25, -0.2) is 0 Å². The van der Waals surface area contributed by atoms with Gasteiger partial charge in [0.2, 0.25) is 0 Å². The smallest absolute Gasteiger partial charge is 0 e. The summed E-state index contributed by atoms with van der Waals surface area (Å²) < 4.78 is 0. The van der Waals surface area contributed by atoms with Gasteiger partial charge in [-0.15, -0.1) is 0 Å². The summed E-state index contributed by atoms with van der Waals surface area (Å²) in [4.78, 5) is 0. The monoisotopic (exact) mass is 292 g/mol. The van der Waals surface area contributed by atoms with Crippen molar-refractivity contribution in [3.8, 4) is 0 Å². The first-order valence-electron chi connectivity index (χ1n) is 0. The van der Waals surface area contributed by atoms with Gasteiger partial charge in [0, 0.05) is 59.1 Å². The SMILES string of the molecule is N.[Ge].[Sb].[Se]. The van der Waals surface area contributed by atoms with E-state index in [9.17, 15) is 0 Å². The molecular weight excluding hydrogens is 287 g/mol. The molecule has 3 N–H and O–H groups in total. The maximum atomic E-state index is 0. The largest absolute Gasteiger partial charge is 0.344 e. The zero-order valence-corrected chi connectivity index (χ0v) is 8.43. The molecule has 1 nitrogen and oxygen atoms in total. The topological polar surface area (TPSA) is 35.0 Å². The Labute approximate surface area is 64.8 Å². The molecule has 4 heavy (non-hydrogen) atoms. The van der Waals surface area contributed by atoms with E-state index in [-0.39, 0.29) is 65.2 Å². The van der Waals surface area contributed by atoms with Crippen LogP contribution < -0.4 is 6.15 Å². The van der Waals surface area contributed by atoms with E-state index in [0.29, 0.717) is 0 Å².